The summed E-state index contributed by atoms with van der Waals surface area (Å²) in [5.74, 6) is 0.161. The van der Waals surface area contributed by atoms with Gasteiger partial charge in [-0.2, -0.15) is 0 Å². The van der Waals surface area contributed by atoms with Gasteiger partial charge in [-0.25, -0.2) is 9.37 Å². The summed E-state index contributed by atoms with van der Waals surface area (Å²) in [7, 11) is 0. The summed E-state index contributed by atoms with van der Waals surface area (Å²) in [5, 5.41) is 0. The molecule has 0 amide bonds. The lowest BCUT2D eigenvalue weighted by Gasteiger charge is -2.00. The van der Waals surface area contributed by atoms with Crippen molar-refractivity contribution < 1.29 is 8.81 Å². The fourth-order valence-corrected chi connectivity index (χ4v) is 1.57. The van der Waals surface area contributed by atoms with Crippen LogP contribution in [-0.2, 0) is 0 Å². The first-order chi connectivity index (χ1) is 6.68. The molecule has 4 heteroatoms. The van der Waals surface area contributed by atoms with Crippen LogP contribution in [-0.4, -0.2) is 4.98 Å². The second kappa shape index (κ2) is 3.53. The first kappa shape index (κ1) is 9.40. The van der Waals surface area contributed by atoms with Crippen LogP contribution in [0.2, 0.25) is 0 Å². The second-order valence-corrected chi connectivity index (χ2v) is 3.81. The van der Waals surface area contributed by atoms with Crippen molar-refractivity contribution in [3.8, 4) is 11.3 Å². The van der Waals surface area contributed by atoms with Crippen molar-refractivity contribution in [3.63, 3.8) is 0 Å². The number of halogens is 2. The minimum Gasteiger partial charge on any atom is -0.443 e. The number of aromatic nitrogens is 1. The van der Waals surface area contributed by atoms with Crippen LogP contribution in [0.15, 0.2) is 33.5 Å². The molecular weight excluding hydrogens is 249 g/mol. The van der Waals surface area contributed by atoms with Gasteiger partial charge in [0.2, 0.25) is 0 Å². The maximum atomic E-state index is 13.5. The van der Waals surface area contributed by atoms with E-state index in [1.165, 1.54) is 12.5 Å². The van der Waals surface area contributed by atoms with Gasteiger partial charge in [0.1, 0.15) is 5.82 Å². The Morgan fingerprint density at radius 1 is 1.43 bits per heavy atom. The van der Waals surface area contributed by atoms with E-state index in [9.17, 15) is 4.39 Å². The number of benzene rings is 1. The molecule has 2 nitrogen and oxygen atoms in total. The highest BCUT2D eigenvalue weighted by molar-refractivity contribution is 9.10. The van der Waals surface area contributed by atoms with Gasteiger partial charge in [0.15, 0.2) is 12.2 Å². The highest BCUT2D eigenvalue weighted by Gasteiger charge is 2.11. The molecule has 2 rings (SSSR count). The maximum Gasteiger partial charge on any atom is 0.181 e. The summed E-state index contributed by atoms with van der Waals surface area (Å²) in [6.07, 6.45) is 1.31. The van der Waals surface area contributed by atoms with Crippen molar-refractivity contribution in [2.45, 2.75) is 6.92 Å². The predicted molar refractivity (Wildman–Crippen MR) is 54.3 cm³/mol. The molecule has 0 radical (unpaired) electrons. The summed E-state index contributed by atoms with van der Waals surface area (Å²) >= 11 is 3.19. The molecule has 0 N–H and O–H groups in total. The molecule has 1 heterocycles. The average molecular weight is 256 g/mol. The zero-order chi connectivity index (χ0) is 10.1. The predicted octanol–water partition coefficient (Wildman–Crippen LogP) is 3.55. The molecule has 14 heavy (non-hydrogen) atoms. The van der Waals surface area contributed by atoms with E-state index in [1.807, 2.05) is 0 Å². The number of hydrogen-bond donors (Lipinski definition) is 0. The minimum atomic E-state index is -0.320. The van der Waals surface area contributed by atoms with Crippen molar-refractivity contribution in [1.29, 1.82) is 0 Å². The van der Waals surface area contributed by atoms with E-state index in [0.717, 1.165) is 0 Å². The lowest BCUT2D eigenvalue weighted by atomic mass is 10.1. The van der Waals surface area contributed by atoms with Crippen molar-refractivity contribution in [2.75, 3.05) is 0 Å². The van der Waals surface area contributed by atoms with Gasteiger partial charge >= 0.3 is 0 Å². The van der Waals surface area contributed by atoms with E-state index in [0.29, 0.717) is 21.5 Å². The third kappa shape index (κ3) is 1.57. The summed E-state index contributed by atoms with van der Waals surface area (Å²) in [5.41, 5.74) is 1.12. The zero-order valence-corrected chi connectivity index (χ0v) is 9.01. The van der Waals surface area contributed by atoms with Crippen molar-refractivity contribution in [3.05, 3.63) is 40.6 Å². The molecule has 0 atom stereocenters. The van der Waals surface area contributed by atoms with Crippen LogP contribution in [0, 0.1) is 12.7 Å². The van der Waals surface area contributed by atoms with Gasteiger partial charge in [-0.15, -0.1) is 0 Å². The summed E-state index contributed by atoms with van der Waals surface area (Å²) in [6.45, 7) is 1.78. The summed E-state index contributed by atoms with van der Waals surface area (Å²) in [6, 6.07) is 4.82. The summed E-state index contributed by atoms with van der Waals surface area (Å²) in [4.78, 5) is 3.91. The molecule has 0 saturated carbocycles. The largest absolute Gasteiger partial charge is 0.443 e. The molecule has 2 aromatic rings. The van der Waals surface area contributed by atoms with E-state index in [-0.39, 0.29) is 5.82 Å². The Balaban J connectivity index is 2.58. The van der Waals surface area contributed by atoms with Crippen LogP contribution in [0.3, 0.4) is 0 Å². The molecule has 0 spiro atoms. The van der Waals surface area contributed by atoms with Crippen LogP contribution in [0.4, 0.5) is 4.39 Å². The summed E-state index contributed by atoms with van der Waals surface area (Å²) < 4.78 is 19.3. The SMILES string of the molecule is Cc1ncoc1-c1ccc(Br)cc1F. The average Bonchev–Trinajstić information content (AvgIpc) is 2.52. The molecule has 1 aromatic carbocycles. The van der Waals surface area contributed by atoms with Gasteiger partial charge in [-0.1, -0.05) is 15.9 Å². The third-order valence-electron chi connectivity index (χ3n) is 1.92. The van der Waals surface area contributed by atoms with Gasteiger partial charge in [-0.3, -0.25) is 0 Å². The molecule has 1 aromatic heterocycles. The number of rotatable bonds is 1. The Morgan fingerprint density at radius 3 is 2.79 bits per heavy atom. The Bertz CT molecular complexity index is 467. The van der Waals surface area contributed by atoms with Crippen LogP contribution < -0.4 is 0 Å². The first-order valence-electron chi connectivity index (χ1n) is 4.04. The van der Waals surface area contributed by atoms with Gasteiger partial charge in [-0.05, 0) is 25.1 Å². The van der Waals surface area contributed by atoms with E-state index >= 15 is 0 Å². The standard InChI is InChI=1S/C10H7BrFNO/c1-6-10(14-5-13-6)8-3-2-7(11)4-9(8)12/h2-5H,1H3. The van der Waals surface area contributed by atoms with E-state index in [1.54, 1.807) is 19.1 Å². The van der Waals surface area contributed by atoms with Crippen LogP contribution >= 0.6 is 15.9 Å². The first-order valence-corrected chi connectivity index (χ1v) is 4.83. The van der Waals surface area contributed by atoms with Crippen LogP contribution in [0.5, 0.6) is 0 Å². The lowest BCUT2D eigenvalue weighted by Crippen LogP contribution is -1.84. The van der Waals surface area contributed by atoms with E-state index < -0.39 is 0 Å². The molecule has 0 saturated heterocycles. The van der Waals surface area contributed by atoms with Crippen LogP contribution in [0.25, 0.3) is 11.3 Å². The van der Waals surface area contributed by atoms with Gasteiger partial charge in [0, 0.05) is 4.47 Å². The molecular formula is C10H7BrFNO. The fourth-order valence-electron chi connectivity index (χ4n) is 1.23. The van der Waals surface area contributed by atoms with E-state index in [2.05, 4.69) is 20.9 Å². The van der Waals surface area contributed by atoms with Crippen molar-refractivity contribution >= 4 is 15.9 Å². The molecule has 0 aliphatic rings. The van der Waals surface area contributed by atoms with Crippen LogP contribution in [0.1, 0.15) is 5.69 Å². The smallest absolute Gasteiger partial charge is 0.181 e. The van der Waals surface area contributed by atoms with Gasteiger partial charge in [0.05, 0.1) is 11.3 Å². The molecule has 0 bridgehead atoms. The molecule has 0 unspecified atom stereocenters. The molecule has 72 valence electrons. The number of nitrogens with zero attached hydrogens (tertiary/aromatic N) is 1. The lowest BCUT2D eigenvalue weighted by molar-refractivity contribution is 0.560. The Labute approximate surface area is 88.9 Å². The molecule has 0 fully saturated rings. The number of oxazole rings is 1. The highest BCUT2D eigenvalue weighted by Crippen LogP contribution is 2.27. The Morgan fingerprint density at radius 2 is 2.21 bits per heavy atom. The van der Waals surface area contributed by atoms with Gasteiger partial charge < -0.3 is 4.42 Å². The third-order valence-corrected chi connectivity index (χ3v) is 2.41. The minimum absolute atomic E-state index is 0.320. The monoisotopic (exact) mass is 255 g/mol. The number of aryl methyl sites for hydroxylation is 1. The number of hydrogen-bond acceptors (Lipinski definition) is 2. The van der Waals surface area contributed by atoms with Gasteiger partial charge in [0.25, 0.3) is 0 Å². The normalized spacial score (nSPS) is 10.5. The zero-order valence-electron chi connectivity index (χ0n) is 7.42. The Hall–Kier alpha value is -1.16. The highest BCUT2D eigenvalue weighted by atomic mass is 79.9. The fraction of sp³-hybridized carbons (Fsp3) is 0.100. The van der Waals surface area contributed by atoms with E-state index in [4.69, 9.17) is 4.42 Å². The Kier molecular flexibility index (Phi) is 2.37. The molecule has 0 aliphatic carbocycles. The quantitative estimate of drug-likeness (QED) is 0.779. The van der Waals surface area contributed by atoms with Crippen molar-refractivity contribution in [1.82, 2.24) is 4.98 Å². The van der Waals surface area contributed by atoms with Crippen molar-refractivity contribution in [2.24, 2.45) is 0 Å². The topological polar surface area (TPSA) is 26.0 Å². The second-order valence-electron chi connectivity index (χ2n) is 2.89. The molecule has 0 aliphatic heterocycles. The maximum absolute atomic E-state index is 13.5.